The molecule has 0 aliphatic heterocycles. The normalized spacial score (nSPS) is 14.8. The summed E-state index contributed by atoms with van der Waals surface area (Å²) in [5, 5.41) is 9.39. The Balaban J connectivity index is 1.47. The molecule has 25 heavy (non-hydrogen) atoms. The molecule has 4 nitrogen and oxygen atoms in total. The van der Waals surface area contributed by atoms with Crippen LogP contribution in [0, 0.1) is 6.92 Å². The van der Waals surface area contributed by atoms with Crippen molar-refractivity contribution in [3.05, 3.63) is 59.7 Å². The van der Waals surface area contributed by atoms with Gasteiger partial charge < -0.3 is 16.0 Å². The standard InChI is InChI=1S/C21H27N3O/c1-16-6-5-7-17(14-16)15-22-18-10-12-20(13-11-18)24-21(25)23-19-8-3-2-4-9-19/h5-7,10-14,19,22H,2-4,8-9,15H2,1H3,(H2,23,24,25). The van der Waals surface area contributed by atoms with E-state index in [1.807, 2.05) is 24.3 Å². The largest absolute Gasteiger partial charge is 0.381 e. The van der Waals surface area contributed by atoms with Crippen LogP contribution in [0.3, 0.4) is 0 Å². The molecule has 4 heteroatoms. The van der Waals surface area contributed by atoms with Gasteiger partial charge in [-0.2, -0.15) is 0 Å². The van der Waals surface area contributed by atoms with Crippen molar-refractivity contribution in [3.63, 3.8) is 0 Å². The molecular weight excluding hydrogens is 310 g/mol. The Labute approximate surface area is 150 Å². The lowest BCUT2D eigenvalue weighted by molar-refractivity contribution is 0.244. The van der Waals surface area contributed by atoms with E-state index in [4.69, 9.17) is 0 Å². The SMILES string of the molecule is Cc1cccc(CNc2ccc(NC(=O)NC3CCCCC3)cc2)c1. The highest BCUT2D eigenvalue weighted by molar-refractivity contribution is 5.89. The summed E-state index contributed by atoms with van der Waals surface area (Å²) in [6.07, 6.45) is 5.90. The number of hydrogen-bond donors (Lipinski definition) is 3. The van der Waals surface area contributed by atoms with Crippen LogP contribution in [-0.2, 0) is 6.54 Å². The molecule has 1 fully saturated rings. The number of urea groups is 1. The van der Waals surface area contributed by atoms with E-state index in [2.05, 4.69) is 47.1 Å². The molecule has 0 aromatic heterocycles. The lowest BCUT2D eigenvalue weighted by Crippen LogP contribution is -2.38. The van der Waals surface area contributed by atoms with E-state index in [1.165, 1.54) is 30.4 Å². The highest BCUT2D eigenvalue weighted by Gasteiger charge is 2.15. The van der Waals surface area contributed by atoms with Crippen LogP contribution in [0.15, 0.2) is 48.5 Å². The van der Waals surface area contributed by atoms with Crippen molar-refractivity contribution in [3.8, 4) is 0 Å². The maximum absolute atomic E-state index is 12.1. The second kappa shape index (κ2) is 8.56. The van der Waals surface area contributed by atoms with Crippen molar-refractivity contribution >= 4 is 17.4 Å². The van der Waals surface area contributed by atoms with Crippen LogP contribution in [0.25, 0.3) is 0 Å². The molecule has 3 N–H and O–H groups in total. The van der Waals surface area contributed by atoms with Gasteiger partial charge in [-0.15, -0.1) is 0 Å². The van der Waals surface area contributed by atoms with Crippen LogP contribution >= 0.6 is 0 Å². The third kappa shape index (κ3) is 5.52. The predicted octanol–water partition coefficient (Wildman–Crippen LogP) is 5.06. The summed E-state index contributed by atoms with van der Waals surface area (Å²) in [5.74, 6) is 0. The van der Waals surface area contributed by atoms with Gasteiger partial charge in [-0.25, -0.2) is 4.79 Å². The van der Waals surface area contributed by atoms with E-state index >= 15 is 0 Å². The Morgan fingerprint density at radius 1 is 1.00 bits per heavy atom. The maximum atomic E-state index is 12.1. The summed E-state index contributed by atoms with van der Waals surface area (Å²) < 4.78 is 0. The van der Waals surface area contributed by atoms with Crippen LogP contribution in [0.1, 0.15) is 43.2 Å². The summed E-state index contributed by atoms with van der Waals surface area (Å²) in [6.45, 7) is 2.89. The van der Waals surface area contributed by atoms with Crippen LogP contribution in [0.2, 0.25) is 0 Å². The number of carbonyl (C=O) groups is 1. The fourth-order valence-electron chi connectivity index (χ4n) is 3.30. The predicted molar refractivity (Wildman–Crippen MR) is 104 cm³/mol. The molecule has 2 amide bonds. The maximum Gasteiger partial charge on any atom is 0.319 e. The number of benzene rings is 2. The molecule has 2 aromatic carbocycles. The van der Waals surface area contributed by atoms with Crippen LogP contribution in [0.5, 0.6) is 0 Å². The quantitative estimate of drug-likeness (QED) is 0.714. The third-order valence-corrected chi connectivity index (χ3v) is 4.66. The number of hydrogen-bond acceptors (Lipinski definition) is 2. The minimum atomic E-state index is -0.104. The topological polar surface area (TPSA) is 53.2 Å². The first-order chi connectivity index (χ1) is 12.2. The van der Waals surface area contributed by atoms with Crippen molar-refractivity contribution < 1.29 is 4.79 Å². The van der Waals surface area contributed by atoms with Crippen LogP contribution < -0.4 is 16.0 Å². The molecular formula is C21H27N3O. The van der Waals surface area contributed by atoms with E-state index < -0.39 is 0 Å². The van der Waals surface area contributed by atoms with Gasteiger partial charge in [0, 0.05) is 24.0 Å². The lowest BCUT2D eigenvalue weighted by atomic mass is 9.96. The van der Waals surface area contributed by atoms with Crippen molar-refractivity contribution in [2.45, 2.75) is 51.6 Å². The molecule has 1 saturated carbocycles. The summed E-state index contributed by atoms with van der Waals surface area (Å²) >= 11 is 0. The Bertz CT molecular complexity index is 691. The van der Waals surface area contributed by atoms with Crippen molar-refractivity contribution in [2.24, 2.45) is 0 Å². The molecule has 0 spiro atoms. The van der Waals surface area contributed by atoms with Gasteiger partial charge in [-0.3, -0.25) is 0 Å². The molecule has 0 atom stereocenters. The number of carbonyl (C=O) groups excluding carboxylic acids is 1. The number of anilines is 2. The molecule has 0 bridgehead atoms. The number of rotatable bonds is 5. The number of nitrogens with one attached hydrogen (secondary N) is 3. The minimum absolute atomic E-state index is 0.104. The summed E-state index contributed by atoms with van der Waals surface area (Å²) in [7, 11) is 0. The molecule has 2 aromatic rings. The highest BCUT2D eigenvalue weighted by atomic mass is 16.2. The smallest absolute Gasteiger partial charge is 0.319 e. The van der Waals surface area contributed by atoms with Crippen LogP contribution in [-0.4, -0.2) is 12.1 Å². The van der Waals surface area contributed by atoms with Crippen molar-refractivity contribution in [1.82, 2.24) is 5.32 Å². The zero-order valence-corrected chi connectivity index (χ0v) is 14.8. The summed E-state index contributed by atoms with van der Waals surface area (Å²) in [4.78, 5) is 12.1. The third-order valence-electron chi connectivity index (χ3n) is 4.66. The van der Waals surface area contributed by atoms with Crippen molar-refractivity contribution in [2.75, 3.05) is 10.6 Å². The van der Waals surface area contributed by atoms with Gasteiger partial charge in [0.15, 0.2) is 0 Å². The molecule has 1 aliphatic rings. The van der Waals surface area contributed by atoms with E-state index in [0.717, 1.165) is 30.8 Å². The minimum Gasteiger partial charge on any atom is -0.381 e. The second-order valence-electron chi connectivity index (χ2n) is 6.85. The first kappa shape index (κ1) is 17.3. The molecule has 3 rings (SSSR count). The fraction of sp³-hybridized carbons (Fsp3) is 0.381. The van der Waals surface area contributed by atoms with E-state index in [-0.39, 0.29) is 6.03 Å². The fourth-order valence-corrected chi connectivity index (χ4v) is 3.30. The molecule has 0 saturated heterocycles. The molecule has 0 heterocycles. The van der Waals surface area contributed by atoms with Crippen molar-refractivity contribution in [1.29, 1.82) is 0 Å². The Morgan fingerprint density at radius 3 is 2.44 bits per heavy atom. The zero-order chi connectivity index (χ0) is 17.5. The number of amides is 2. The van der Waals surface area contributed by atoms with Gasteiger partial charge >= 0.3 is 6.03 Å². The molecule has 132 valence electrons. The van der Waals surface area contributed by atoms with Gasteiger partial charge in [-0.05, 0) is 49.6 Å². The lowest BCUT2D eigenvalue weighted by Gasteiger charge is -2.22. The first-order valence-electron chi connectivity index (χ1n) is 9.16. The van der Waals surface area contributed by atoms with E-state index in [0.29, 0.717) is 6.04 Å². The highest BCUT2D eigenvalue weighted by Crippen LogP contribution is 2.18. The monoisotopic (exact) mass is 337 g/mol. The van der Waals surface area contributed by atoms with E-state index in [1.54, 1.807) is 0 Å². The molecule has 0 unspecified atom stereocenters. The Morgan fingerprint density at radius 2 is 1.72 bits per heavy atom. The van der Waals surface area contributed by atoms with Gasteiger partial charge in [0.05, 0.1) is 0 Å². The average molecular weight is 337 g/mol. The van der Waals surface area contributed by atoms with Crippen LogP contribution in [0.4, 0.5) is 16.2 Å². The summed E-state index contributed by atoms with van der Waals surface area (Å²) in [5.41, 5.74) is 4.38. The van der Waals surface area contributed by atoms with E-state index in [9.17, 15) is 4.79 Å². The number of aryl methyl sites for hydroxylation is 1. The second-order valence-corrected chi connectivity index (χ2v) is 6.85. The summed E-state index contributed by atoms with van der Waals surface area (Å²) in [6, 6.07) is 16.5. The Hall–Kier alpha value is -2.49. The van der Waals surface area contributed by atoms with Gasteiger partial charge in [-0.1, -0.05) is 49.1 Å². The molecule has 1 aliphatic carbocycles. The zero-order valence-electron chi connectivity index (χ0n) is 14.8. The molecule has 0 radical (unpaired) electrons. The van der Waals surface area contributed by atoms with Gasteiger partial charge in [0.25, 0.3) is 0 Å². The first-order valence-corrected chi connectivity index (χ1v) is 9.16. The van der Waals surface area contributed by atoms with Gasteiger partial charge in [0.1, 0.15) is 0 Å². The average Bonchev–Trinajstić information content (AvgIpc) is 2.62. The van der Waals surface area contributed by atoms with Gasteiger partial charge in [0.2, 0.25) is 0 Å². The Kier molecular flexibility index (Phi) is 5.94.